The fraction of sp³-hybridized carbons (Fsp3) is 0.147. The molecular formula is C68H50O44. The molecule has 2 heterocycles. The van der Waals surface area contributed by atoms with Crippen LogP contribution in [0.5, 0.6) is 144 Å². The van der Waals surface area contributed by atoms with Crippen LogP contribution in [0.3, 0.4) is 0 Å². The van der Waals surface area contributed by atoms with E-state index in [2.05, 4.69) is 0 Å². The van der Waals surface area contributed by atoms with Crippen molar-refractivity contribution in [3.63, 3.8) is 0 Å². The minimum atomic E-state index is -3.08. The monoisotopic (exact) mass is 1570 g/mol. The average molecular weight is 1570 g/mol. The van der Waals surface area contributed by atoms with Gasteiger partial charge in [-0.25, -0.2) is 38.4 Å². The van der Waals surface area contributed by atoms with Gasteiger partial charge < -0.3 is 170 Å². The van der Waals surface area contributed by atoms with Gasteiger partial charge in [-0.3, -0.25) is 9.59 Å². The molecule has 8 aromatic carbocycles. The van der Waals surface area contributed by atoms with Crippen molar-refractivity contribution in [3.05, 3.63) is 111 Å². The lowest BCUT2D eigenvalue weighted by molar-refractivity contribution is -0.142. The molecule has 112 heavy (non-hydrogen) atoms. The van der Waals surface area contributed by atoms with Gasteiger partial charge in [0.05, 0.1) is 38.9 Å². The van der Waals surface area contributed by atoms with Gasteiger partial charge in [0.1, 0.15) is 31.0 Å². The second-order valence-corrected chi connectivity index (χ2v) is 23.5. The van der Waals surface area contributed by atoms with Gasteiger partial charge in [0.2, 0.25) is 34.5 Å². The second kappa shape index (κ2) is 30.1. The lowest BCUT2D eigenvalue weighted by atomic mass is 9.91. The minimum Gasteiger partial charge on any atom is -0.504 e. The summed E-state index contributed by atoms with van der Waals surface area (Å²) in [6, 6.07) is 3.40. The van der Waals surface area contributed by atoms with Crippen LogP contribution in [-0.2, 0) is 47.5 Å². The number of benzene rings is 8. The molecule has 10 rings (SSSR count). The molecule has 0 unspecified atom stereocenters. The van der Waals surface area contributed by atoms with Crippen molar-refractivity contribution in [1.82, 2.24) is 0 Å². The Balaban J connectivity index is 1.07. The molecule has 0 bridgehead atoms. The number of aliphatic hydroxyl groups excluding tert-OH is 2. The molecule has 0 radical (unpaired) electrons. The van der Waals surface area contributed by atoms with Crippen LogP contribution in [0.1, 0.15) is 82.9 Å². The maximum absolute atomic E-state index is 14.8. The number of aliphatic hydroxyl groups is 2. The normalized spacial score (nSPS) is 16.6. The van der Waals surface area contributed by atoms with E-state index in [1.54, 1.807) is 0 Å². The first-order valence-electron chi connectivity index (χ1n) is 30.6. The lowest BCUT2D eigenvalue weighted by Crippen LogP contribution is -2.52. The van der Waals surface area contributed by atoms with Crippen molar-refractivity contribution in [3.8, 4) is 166 Å². The van der Waals surface area contributed by atoms with Gasteiger partial charge in [-0.2, -0.15) is 0 Å². The first kappa shape index (κ1) is 78.6. The molecule has 44 nitrogen and oxygen atoms in total. The number of ether oxygens (including phenoxy) is 9. The zero-order chi connectivity index (χ0) is 82.6. The van der Waals surface area contributed by atoms with Gasteiger partial charge in [0, 0.05) is 34.4 Å². The highest BCUT2D eigenvalue weighted by Crippen LogP contribution is 2.57. The predicted octanol–water partition coefficient (Wildman–Crippen LogP) is 1.46. The average Bonchev–Trinajstić information content (AvgIpc) is 1.00. The summed E-state index contributed by atoms with van der Waals surface area (Å²) in [5, 5.41) is 270. The van der Waals surface area contributed by atoms with E-state index in [-0.39, 0.29) is 24.3 Å². The molecule has 0 aliphatic carbocycles. The summed E-state index contributed by atoms with van der Waals surface area (Å²) in [7, 11) is 0. The summed E-state index contributed by atoms with van der Waals surface area (Å²) in [6.07, 6.45) is -24.4. The lowest BCUT2D eigenvalue weighted by Gasteiger charge is -2.32. The molecule has 0 saturated carbocycles. The highest BCUT2D eigenvalue weighted by molar-refractivity contribution is 6.10. The van der Waals surface area contributed by atoms with Gasteiger partial charge >= 0.3 is 47.8 Å². The number of phenolic OH excluding ortho intramolecular Hbond substituents is 23. The number of hydrogen-bond acceptors (Lipinski definition) is 44. The van der Waals surface area contributed by atoms with Gasteiger partial charge in [-0.05, 0) is 54.6 Å². The van der Waals surface area contributed by atoms with Crippen molar-refractivity contribution >= 4 is 60.3 Å². The summed E-state index contributed by atoms with van der Waals surface area (Å²) >= 11 is 0. The standard InChI is InChI=1S/C68H50O44/c69-12-37(107-61(96)16-1-24(71)43(83)25(72)2-16)59(111-62(97)17-3-26(73)44(84)27(74)4-17)57-35(82)15-105-65(100)22-11-36(50(90)54(94)42(22)41-21(67(102)109-57)9-32(79)48(88)53(41)93)106-56-23(10-33(80)49(89)55(56)95)68(103)108-38(13-70)60(112-63(98)18-5-28(75)45(85)29(76)6-18)58-34(81)14-104-64(99)19-7-30(77)46(86)51(91)39(19)40-20(66(101)110-58)8-31(78)47(87)52(40)92/h1-13,34-35,37-38,57-60,71-95H,14-15H2/t34-,35-,37+,38+,57-,58-,59-,60-/m1/s1. The highest BCUT2D eigenvalue weighted by Gasteiger charge is 2.48. The Kier molecular flexibility index (Phi) is 21.1. The van der Waals surface area contributed by atoms with Crippen LogP contribution >= 0.6 is 0 Å². The zero-order valence-electron chi connectivity index (χ0n) is 55.0. The van der Waals surface area contributed by atoms with E-state index in [0.29, 0.717) is 42.5 Å². The van der Waals surface area contributed by atoms with Gasteiger partial charge in [0.25, 0.3) is 0 Å². The Hall–Kier alpha value is -16.0. The maximum atomic E-state index is 14.8. The van der Waals surface area contributed by atoms with Crippen LogP contribution in [0.25, 0.3) is 22.3 Å². The van der Waals surface area contributed by atoms with Crippen LogP contribution in [0.15, 0.2) is 66.7 Å². The Morgan fingerprint density at radius 2 is 0.607 bits per heavy atom. The number of hydrogen-bond donors (Lipinski definition) is 25. The summed E-state index contributed by atoms with van der Waals surface area (Å²) in [5.74, 6) is -53.3. The number of phenols is 23. The summed E-state index contributed by atoms with van der Waals surface area (Å²) in [5.41, 5.74) is -15.3. The van der Waals surface area contributed by atoms with Crippen molar-refractivity contribution in [2.24, 2.45) is 0 Å². The molecule has 0 spiro atoms. The van der Waals surface area contributed by atoms with E-state index >= 15 is 0 Å². The largest absolute Gasteiger partial charge is 0.504 e. The predicted molar refractivity (Wildman–Crippen MR) is 348 cm³/mol. The summed E-state index contributed by atoms with van der Waals surface area (Å²) in [6.45, 7) is -3.32. The van der Waals surface area contributed by atoms with E-state index < -0.39 is 333 Å². The smallest absolute Gasteiger partial charge is 0.343 e. The molecule has 25 N–H and O–H groups in total. The molecular weight excluding hydrogens is 1520 g/mol. The van der Waals surface area contributed by atoms with E-state index in [1.807, 2.05) is 0 Å². The fourth-order valence-corrected chi connectivity index (χ4v) is 11.0. The molecule has 0 fully saturated rings. The first-order valence-corrected chi connectivity index (χ1v) is 30.6. The van der Waals surface area contributed by atoms with Crippen LogP contribution < -0.4 is 4.74 Å². The summed E-state index contributed by atoms with van der Waals surface area (Å²) in [4.78, 5) is 141. The molecule has 0 saturated heterocycles. The third-order valence-electron chi connectivity index (χ3n) is 16.5. The number of fused-ring (bicyclic) bond motifs is 6. The highest BCUT2D eigenvalue weighted by atomic mass is 16.6. The molecule has 44 heteroatoms. The third kappa shape index (κ3) is 14.3. The Morgan fingerprint density at radius 1 is 0.330 bits per heavy atom. The van der Waals surface area contributed by atoms with Gasteiger partial charge in [-0.15, -0.1) is 0 Å². The van der Waals surface area contributed by atoms with Gasteiger partial charge in [-0.1, -0.05) is 0 Å². The summed E-state index contributed by atoms with van der Waals surface area (Å²) < 4.78 is 48.0. The van der Waals surface area contributed by atoms with Crippen LogP contribution in [0.2, 0.25) is 0 Å². The van der Waals surface area contributed by atoms with Crippen LogP contribution in [-0.4, -0.2) is 250 Å². The molecule has 2 aliphatic heterocycles. The molecule has 8 aromatic rings. The Morgan fingerprint density at radius 3 is 0.946 bits per heavy atom. The number of cyclic esters (lactones) is 4. The number of carbonyl (C=O) groups excluding carboxylic acids is 10. The molecule has 586 valence electrons. The maximum Gasteiger partial charge on any atom is 0.343 e. The van der Waals surface area contributed by atoms with Crippen molar-refractivity contribution in [2.75, 3.05) is 13.2 Å². The second-order valence-electron chi connectivity index (χ2n) is 23.5. The van der Waals surface area contributed by atoms with Crippen molar-refractivity contribution in [2.45, 2.75) is 48.8 Å². The number of esters is 8. The topological polar surface area (TPSA) is 760 Å². The number of aldehydes is 2. The number of carbonyl (C=O) groups is 10. The van der Waals surface area contributed by atoms with E-state index in [0.717, 1.165) is 0 Å². The molecule has 0 aromatic heterocycles. The van der Waals surface area contributed by atoms with Crippen molar-refractivity contribution in [1.29, 1.82) is 0 Å². The molecule has 0 amide bonds. The molecule has 2 aliphatic rings. The van der Waals surface area contributed by atoms with Crippen molar-refractivity contribution < 1.29 is 218 Å². The Bertz CT molecular complexity index is 5280. The van der Waals surface area contributed by atoms with E-state index in [9.17, 15) is 176 Å². The van der Waals surface area contributed by atoms with Crippen LogP contribution in [0.4, 0.5) is 0 Å². The van der Waals surface area contributed by atoms with E-state index in [4.69, 9.17) is 42.6 Å². The van der Waals surface area contributed by atoms with Gasteiger partial charge in [0.15, 0.2) is 158 Å². The SMILES string of the molecule is O=C[C@H](OC(=O)c1cc(O)c(O)c(O)c1)[C@@H](OC(=O)c1cc(O)c(O)c(O)c1)[C@@H]1OC(=O)c2cc(O)c(O)c(O)c2-c2c(cc(Oc3c(C(=O)O[C@@H](C=O)[C@@H](OC(=O)c4cc(O)c(O)c(O)c4)[C@@H]4OC(=O)c5cc(O)c(O)c(O)c5-c5c(cc(O)c(O)c5O)C(=O)OC[C@H]4O)cc(O)c(O)c3O)c(O)c2O)C(=O)OC[C@H]1O. The zero-order valence-corrected chi connectivity index (χ0v) is 55.0. The fourth-order valence-electron chi connectivity index (χ4n) is 11.0. The number of rotatable bonds is 16. The van der Waals surface area contributed by atoms with E-state index in [1.165, 1.54) is 0 Å². The van der Waals surface area contributed by atoms with Crippen LogP contribution in [0, 0.1) is 0 Å². The molecule has 8 atom stereocenters. The number of aromatic hydroxyl groups is 23. The first-order chi connectivity index (χ1) is 52.6. The third-order valence-corrected chi connectivity index (χ3v) is 16.5. The minimum absolute atomic E-state index is 0.0813. The quantitative estimate of drug-likeness (QED) is 0.0282. The Labute approximate surface area is 616 Å².